The minimum absolute atomic E-state index is 0.00233. The summed E-state index contributed by atoms with van der Waals surface area (Å²) in [6.07, 6.45) is 1.71. The predicted molar refractivity (Wildman–Crippen MR) is 94.5 cm³/mol. The van der Waals surface area contributed by atoms with Crippen molar-refractivity contribution in [3.05, 3.63) is 47.4 Å². The third-order valence-corrected chi connectivity index (χ3v) is 5.60. The molecule has 2 saturated heterocycles. The van der Waals surface area contributed by atoms with E-state index in [4.69, 9.17) is 9.26 Å². The number of carbonyl (C=O) groups excluding carboxylic acids is 1. The molecule has 7 nitrogen and oxygen atoms in total. The van der Waals surface area contributed by atoms with Gasteiger partial charge in [-0.05, 0) is 37.5 Å². The first-order valence-electron chi connectivity index (χ1n) is 9.21. The monoisotopic (exact) mass is 374 g/mol. The number of hydrogen-bond acceptors (Lipinski definition) is 5. The van der Waals surface area contributed by atoms with E-state index in [1.54, 1.807) is 24.0 Å². The van der Waals surface area contributed by atoms with Gasteiger partial charge in [0.15, 0.2) is 5.82 Å². The number of urea groups is 1. The Bertz CT molecular complexity index is 819. The molecule has 1 aromatic carbocycles. The molecule has 2 amide bonds. The summed E-state index contributed by atoms with van der Waals surface area (Å²) in [6.45, 7) is 4.56. The molecule has 1 aromatic heterocycles. The highest BCUT2D eigenvalue weighted by Crippen LogP contribution is 2.49. The van der Waals surface area contributed by atoms with E-state index in [1.807, 2.05) is 0 Å². The SMILES string of the molecule is Cc1noc(C2CN(C(=O)NCc3cccc(F)c3)CC23CCOCC3)n1. The summed E-state index contributed by atoms with van der Waals surface area (Å²) in [5.74, 6) is 0.884. The van der Waals surface area contributed by atoms with Crippen LogP contribution >= 0.6 is 0 Å². The number of nitrogens with one attached hydrogen (secondary N) is 1. The maximum Gasteiger partial charge on any atom is 0.317 e. The lowest BCUT2D eigenvalue weighted by molar-refractivity contribution is 0.00942. The molecule has 2 aliphatic rings. The summed E-state index contributed by atoms with van der Waals surface area (Å²) in [5, 5.41) is 6.81. The number of likely N-dealkylation sites (tertiary alicyclic amines) is 1. The van der Waals surface area contributed by atoms with E-state index in [0.717, 1.165) is 18.4 Å². The first-order chi connectivity index (χ1) is 13.1. The number of aromatic nitrogens is 2. The molecule has 0 bridgehead atoms. The van der Waals surface area contributed by atoms with Crippen molar-refractivity contribution >= 4 is 6.03 Å². The Morgan fingerprint density at radius 1 is 1.41 bits per heavy atom. The van der Waals surface area contributed by atoms with E-state index >= 15 is 0 Å². The van der Waals surface area contributed by atoms with Gasteiger partial charge in [0.25, 0.3) is 0 Å². The molecule has 0 aliphatic carbocycles. The topological polar surface area (TPSA) is 80.5 Å². The van der Waals surface area contributed by atoms with Gasteiger partial charge in [0, 0.05) is 38.3 Å². The summed E-state index contributed by atoms with van der Waals surface area (Å²) in [6, 6.07) is 6.07. The Morgan fingerprint density at radius 2 is 2.22 bits per heavy atom. The standard InChI is InChI=1S/C19H23FN4O3/c1-13-22-17(27-23-13)16-11-24(12-19(16)5-7-26-8-6-19)18(25)21-10-14-3-2-4-15(20)9-14/h2-4,9,16H,5-8,10-12H2,1H3,(H,21,25). The Kier molecular flexibility index (Phi) is 4.82. The van der Waals surface area contributed by atoms with Gasteiger partial charge in [-0.2, -0.15) is 4.98 Å². The highest BCUT2D eigenvalue weighted by molar-refractivity contribution is 5.74. The van der Waals surface area contributed by atoms with Crippen molar-refractivity contribution in [3.8, 4) is 0 Å². The molecule has 1 unspecified atom stereocenters. The van der Waals surface area contributed by atoms with Crippen LogP contribution in [-0.4, -0.2) is 47.4 Å². The Balaban J connectivity index is 1.47. The molecule has 1 N–H and O–H groups in total. The Hall–Kier alpha value is -2.48. The fraction of sp³-hybridized carbons (Fsp3) is 0.526. The van der Waals surface area contributed by atoms with Gasteiger partial charge < -0.3 is 19.5 Å². The van der Waals surface area contributed by atoms with Crippen LogP contribution in [0.4, 0.5) is 9.18 Å². The number of hydrogen-bond donors (Lipinski definition) is 1. The van der Waals surface area contributed by atoms with Crippen molar-refractivity contribution in [1.82, 2.24) is 20.4 Å². The van der Waals surface area contributed by atoms with E-state index in [2.05, 4.69) is 15.5 Å². The summed E-state index contributed by atoms with van der Waals surface area (Å²) in [5.41, 5.74) is 0.625. The van der Waals surface area contributed by atoms with Gasteiger partial charge in [-0.3, -0.25) is 0 Å². The summed E-state index contributed by atoms with van der Waals surface area (Å²) < 4.78 is 24.3. The van der Waals surface area contributed by atoms with Crippen LogP contribution in [0.5, 0.6) is 0 Å². The molecule has 0 radical (unpaired) electrons. The van der Waals surface area contributed by atoms with Gasteiger partial charge >= 0.3 is 6.03 Å². The maximum absolute atomic E-state index is 13.3. The molecule has 144 valence electrons. The van der Waals surface area contributed by atoms with Crippen molar-refractivity contribution in [3.63, 3.8) is 0 Å². The number of amides is 2. The Labute approximate surface area is 156 Å². The molecule has 4 rings (SSSR count). The first-order valence-corrected chi connectivity index (χ1v) is 9.21. The van der Waals surface area contributed by atoms with Crippen LogP contribution in [0.2, 0.25) is 0 Å². The average molecular weight is 374 g/mol. The lowest BCUT2D eigenvalue weighted by atomic mass is 9.72. The van der Waals surface area contributed by atoms with E-state index < -0.39 is 0 Å². The number of benzene rings is 1. The molecule has 3 heterocycles. The number of rotatable bonds is 3. The van der Waals surface area contributed by atoms with Gasteiger partial charge in [-0.25, -0.2) is 9.18 Å². The van der Waals surface area contributed by atoms with Gasteiger partial charge in [-0.1, -0.05) is 17.3 Å². The number of halogens is 1. The van der Waals surface area contributed by atoms with Gasteiger partial charge in [0.2, 0.25) is 5.89 Å². The van der Waals surface area contributed by atoms with E-state index in [0.29, 0.717) is 38.0 Å². The van der Waals surface area contributed by atoms with Crippen LogP contribution in [0.15, 0.2) is 28.8 Å². The molecule has 1 spiro atoms. The second-order valence-electron chi connectivity index (χ2n) is 7.38. The fourth-order valence-corrected chi connectivity index (χ4v) is 4.14. The van der Waals surface area contributed by atoms with Gasteiger partial charge in [0.05, 0.1) is 5.92 Å². The molecular formula is C19H23FN4O3. The molecule has 2 aromatic rings. The van der Waals surface area contributed by atoms with Crippen molar-refractivity contribution in [2.45, 2.75) is 32.2 Å². The molecule has 2 fully saturated rings. The molecule has 8 heteroatoms. The lowest BCUT2D eigenvalue weighted by Crippen LogP contribution is -2.41. The van der Waals surface area contributed by atoms with Crippen LogP contribution in [0.3, 0.4) is 0 Å². The summed E-state index contributed by atoms with van der Waals surface area (Å²) >= 11 is 0. The van der Waals surface area contributed by atoms with Crippen molar-refractivity contribution in [2.75, 3.05) is 26.3 Å². The van der Waals surface area contributed by atoms with E-state index in [9.17, 15) is 9.18 Å². The minimum atomic E-state index is -0.309. The molecule has 27 heavy (non-hydrogen) atoms. The molecule has 2 aliphatic heterocycles. The van der Waals surface area contributed by atoms with Crippen LogP contribution < -0.4 is 5.32 Å². The highest BCUT2D eigenvalue weighted by atomic mass is 19.1. The first kappa shape index (κ1) is 17.9. The van der Waals surface area contributed by atoms with E-state index in [1.165, 1.54) is 12.1 Å². The average Bonchev–Trinajstić information content (AvgIpc) is 3.24. The van der Waals surface area contributed by atoms with E-state index in [-0.39, 0.29) is 29.7 Å². The van der Waals surface area contributed by atoms with Crippen LogP contribution in [-0.2, 0) is 11.3 Å². The van der Waals surface area contributed by atoms with Crippen molar-refractivity contribution in [2.24, 2.45) is 5.41 Å². The second-order valence-corrected chi connectivity index (χ2v) is 7.38. The number of ether oxygens (including phenoxy) is 1. The zero-order valence-corrected chi connectivity index (χ0v) is 15.3. The third-order valence-electron chi connectivity index (χ3n) is 5.60. The quantitative estimate of drug-likeness (QED) is 0.893. The largest absolute Gasteiger partial charge is 0.381 e. The molecule has 1 atom stereocenters. The third kappa shape index (κ3) is 3.66. The van der Waals surface area contributed by atoms with Crippen LogP contribution in [0.25, 0.3) is 0 Å². The fourth-order valence-electron chi connectivity index (χ4n) is 4.14. The van der Waals surface area contributed by atoms with Crippen LogP contribution in [0.1, 0.15) is 36.0 Å². The Morgan fingerprint density at radius 3 is 2.93 bits per heavy atom. The zero-order valence-electron chi connectivity index (χ0n) is 15.3. The lowest BCUT2D eigenvalue weighted by Gasteiger charge is -2.36. The summed E-state index contributed by atoms with van der Waals surface area (Å²) in [7, 11) is 0. The number of aryl methyl sites for hydroxylation is 1. The summed E-state index contributed by atoms with van der Waals surface area (Å²) in [4.78, 5) is 19.0. The highest BCUT2D eigenvalue weighted by Gasteiger charge is 2.51. The predicted octanol–water partition coefficient (Wildman–Crippen LogP) is 2.62. The maximum atomic E-state index is 13.3. The molecule has 0 saturated carbocycles. The number of nitrogens with zero attached hydrogens (tertiary/aromatic N) is 3. The van der Waals surface area contributed by atoms with Crippen molar-refractivity contribution in [1.29, 1.82) is 0 Å². The smallest absolute Gasteiger partial charge is 0.317 e. The molecular weight excluding hydrogens is 351 g/mol. The normalized spacial score (nSPS) is 21.6. The van der Waals surface area contributed by atoms with Gasteiger partial charge in [-0.15, -0.1) is 0 Å². The number of carbonyl (C=O) groups is 1. The second kappa shape index (κ2) is 7.26. The van der Waals surface area contributed by atoms with Crippen molar-refractivity contribution < 1.29 is 18.4 Å². The minimum Gasteiger partial charge on any atom is -0.381 e. The van der Waals surface area contributed by atoms with Crippen LogP contribution in [0, 0.1) is 18.2 Å². The zero-order chi connectivity index (χ0) is 18.9. The van der Waals surface area contributed by atoms with Gasteiger partial charge in [0.1, 0.15) is 5.82 Å².